The molecule has 1 fully saturated rings. The zero-order valence-electron chi connectivity index (χ0n) is 18.1. The van der Waals surface area contributed by atoms with Crippen molar-refractivity contribution in [3.05, 3.63) is 65.2 Å². The van der Waals surface area contributed by atoms with E-state index in [9.17, 15) is 23.3 Å². The number of nitriles is 1. The van der Waals surface area contributed by atoms with E-state index in [0.717, 1.165) is 11.1 Å². The van der Waals surface area contributed by atoms with E-state index in [4.69, 9.17) is 5.73 Å². The summed E-state index contributed by atoms with van der Waals surface area (Å²) in [7, 11) is -3.83. The monoisotopic (exact) mass is 467 g/mol. The Morgan fingerprint density at radius 1 is 1.00 bits per heavy atom. The van der Waals surface area contributed by atoms with Gasteiger partial charge in [-0.2, -0.15) is 9.57 Å². The molecule has 172 valence electrons. The van der Waals surface area contributed by atoms with Crippen LogP contribution in [0.3, 0.4) is 0 Å². The van der Waals surface area contributed by atoms with Crippen molar-refractivity contribution >= 4 is 21.8 Å². The molecule has 1 atom stereocenters. The van der Waals surface area contributed by atoms with Crippen molar-refractivity contribution in [2.75, 3.05) is 32.7 Å². The van der Waals surface area contributed by atoms with Crippen LogP contribution in [0.15, 0.2) is 53.4 Å². The molecule has 2 amide bonds. The minimum atomic E-state index is -3.83. The second kappa shape index (κ2) is 9.31. The van der Waals surface area contributed by atoms with Gasteiger partial charge in [-0.3, -0.25) is 14.5 Å². The lowest BCUT2D eigenvalue weighted by Gasteiger charge is -2.38. The number of nitrogens with zero attached hydrogens (tertiary/aromatic N) is 4. The highest BCUT2D eigenvalue weighted by atomic mass is 32.2. The van der Waals surface area contributed by atoms with Crippen molar-refractivity contribution in [1.82, 2.24) is 14.1 Å². The van der Waals surface area contributed by atoms with E-state index >= 15 is 0 Å². The van der Waals surface area contributed by atoms with Crippen LogP contribution in [0.25, 0.3) is 0 Å². The molecule has 1 unspecified atom stereocenters. The molecular formula is C23H25N5O4S. The molecule has 10 heteroatoms. The fourth-order valence-corrected chi connectivity index (χ4v) is 5.96. The first-order chi connectivity index (χ1) is 15.8. The highest BCUT2D eigenvalue weighted by Gasteiger charge is 2.35. The predicted molar refractivity (Wildman–Crippen MR) is 120 cm³/mol. The number of benzene rings is 2. The van der Waals surface area contributed by atoms with Gasteiger partial charge < -0.3 is 10.6 Å². The normalized spacial score (nSPS) is 19.5. The van der Waals surface area contributed by atoms with Crippen LogP contribution in [0.2, 0.25) is 0 Å². The summed E-state index contributed by atoms with van der Waals surface area (Å²) in [5.41, 5.74) is 7.83. The van der Waals surface area contributed by atoms with Gasteiger partial charge in [-0.25, -0.2) is 8.42 Å². The highest BCUT2D eigenvalue weighted by Crippen LogP contribution is 2.24. The molecule has 2 aliphatic heterocycles. The average Bonchev–Trinajstić information content (AvgIpc) is 2.83. The van der Waals surface area contributed by atoms with Crippen LogP contribution < -0.4 is 5.73 Å². The number of carbonyl (C=O) groups excluding carboxylic acids is 2. The van der Waals surface area contributed by atoms with Crippen LogP contribution in [0.5, 0.6) is 0 Å². The quantitative estimate of drug-likeness (QED) is 0.674. The highest BCUT2D eigenvalue weighted by molar-refractivity contribution is 7.89. The molecule has 4 rings (SSSR count). The summed E-state index contributed by atoms with van der Waals surface area (Å²) in [6, 6.07) is 15.2. The fourth-order valence-electron chi connectivity index (χ4n) is 4.40. The topological polar surface area (TPSA) is 128 Å². The molecule has 2 aromatic rings. The smallest absolute Gasteiger partial charge is 0.244 e. The number of hydrogen-bond donors (Lipinski definition) is 1. The Labute approximate surface area is 193 Å². The molecule has 2 aromatic carbocycles. The first-order valence-electron chi connectivity index (χ1n) is 10.7. The number of hydrogen-bond acceptors (Lipinski definition) is 6. The molecule has 1 saturated heterocycles. The second-order valence-corrected chi connectivity index (χ2v) is 10.1. The molecule has 33 heavy (non-hydrogen) atoms. The van der Waals surface area contributed by atoms with E-state index < -0.39 is 22.0 Å². The molecule has 0 radical (unpaired) electrons. The number of amides is 2. The third kappa shape index (κ3) is 4.61. The van der Waals surface area contributed by atoms with Gasteiger partial charge in [-0.15, -0.1) is 0 Å². The third-order valence-corrected chi connectivity index (χ3v) is 8.19. The van der Waals surface area contributed by atoms with Gasteiger partial charge in [0.05, 0.1) is 23.0 Å². The van der Waals surface area contributed by atoms with Gasteiger partial charge in [0.25, 0.3) is 0 Å². The zero-order valence-corrected chi connectivity index (χ0v) is 18.9. The molecule has 0 spiro atoms. The van der Waals surface area contributed by atoms with E-state index in [1.54, 1.807) is 21.9 Å². The van der Waals surface area contributed by atoms with Crippen LogP contribution in [0.4, 0.5) is 0 Å². The van der Waals surface area contributed by atoms with E-state index in [0.29, 0.717) is 13.0 Å². The first kappa shape index (κ1) is 22.9. The van der Waals surface area contributed by atoms with E-state index in [1.807, 2.05) is 30.3 Å². The number of fused-ring (bicyclic) bond motifs is 1. The maximum atomic E-state index is 13.0. The summed E-state index contributed by atoms with van der Waals surface area (Å²) in [4.78, 5) is 28.4. The Kier molecular flexibility index (Phi) is 6.47. The van der Waals surface area contributed by atoms with Gasteiger partial charge in [0, 0.05) is 32.7 Å². The number of carbonyl (C=O) groups is 2. The first-order valence-corrected chi connectivity index (χ1v) is 12.1. The maximum absolute atomic E-state index is 13.0. The summed E-state index contributed by atoms with van der Waals surface area (Å²) in [5.74, 6) is -0.639. The van der Waals surface area contributed by atoms with Gasteiger partial charge in [-0.1, -0.05) is 36.4 Å². The van der Waals surface area contributed by atoms with Crippen LogP contribution in [-0.4, -0.2) is 73.1 Å². The number of nitrogens with two attached hydrogens (primary N) is 1. The van der Waals surface area contributed by atoms with Crippen LogP contribution in [0.1, 0.15) is 16.7 Å². The van der Waals surface area contributed by atoms with E-state index in [1.165, 1.54) is 16.4 Å². The summed E-state index contributed by atoms with van der Waals surface area (Å²) < 4.78 is 27.3. The van der Waals surface area contributed by atoms with Crippen molar-refractivity contribution in [2.24, 2.45) is 5.73 Å². The molecule has 2 aliphatic rings. The molecule has 0 aromatic heterocycles. The fraction of sp³-hybridized carbons (Fsp3) is 0.348. The van der Waals surface area contributed by atoms with Crippen molar-refractivity contribution in [3.8, 4) is 6.07 Å². The van der Waals surface area contributed by atoms with Gasteiger partial charge in [0.15, 0.2) is 0 Å². The van der Waals surface area contributed by atoms with Crippen LogP contribution >= 0.6 is 0 Å². The number of primary amides is 1. The van der Waals surface area contributed by atoms with Crippen LogP contribution in [-0.2, 0) is 32.6 Å². The lowest BCUT2D eigenvalue weighted by Crippen LogP contribution is -2.55. The zero-order chi connectivity index (χ0) is 23.6. The van der Waals surface area contributed by atoms with Gasteiger partial charge in [0.1, 0.15) is 6.07 Å². The molecule has 2 N–H and O–H groups in total. The maximum Gasteiger partial charge on any atom is 0.244 e. The second-order valence-electron chi connectivity index (χ2n) is 8.19. The van der Waals surface area contributed by atoms with Crippen molar-refractivity contribution in [1.29, 1.82) is 5.26 Å². The van der Waals surface area contributed by atoms with Gasteiger partial charge in [-0.05, 0) is 29.7 Å². The lowest BCUT2D eigenvalue weighted by atomic mass is 9.93. The molecule has 0 bridgehead atoms. The van der Waals surface area contributed by atoms with Gasteiger partial charge >= 0.3 is 0 Å². The minimum absolute atomic E-state index is 0.0245. The Hall–Kier alpha value is -3.26. The molecular weight excluding hydrogens is 442 g/mol. The Bertz CT molecular complexity index is 1220. The van der Waals surface area contributed by atoms with E-state index in [-0.39, 0.29) is 49.1 Å². The standard InChI is InChI=1S/C23H25N5O4S/c24-14-18-6-3-4-8-21(18)33(31,32)28-11-9-26(10-12-28)22(29)16-27-15-19-7-2-1-5-17(19)13-20(27)23(25)30/h1-8,20H,9-13,15-16H2,(H2,25,30). The van der Waals surface area contributed by atoms with Crippen molar-refractivity contribution in [2.45, 2.75) is 23.9 Å². The number of sulfonamides is 1. The average molecular weight is 468 g/mol. The summed E-state index contributed by atoms with van der Waals surface area (Å²) >= 11 is 0. The lowest BCUT2D eigenvalue weighted by molar-refractivity contribution is -0.136. The number of rotatable bonds is 5. The van der Waals surface area contributed by atoms with E-state index in [2.05, 4.69) is 0 Å². The summed E-state index contributed by atoms with van der Waals surface area (Å²) in [5, 5.41) is 9.25. The van der Waals surface area contributed by atoms with Crippen LogP contribution in [0, 0.1) is 11.3 Å². The minimum Gasteiger partial charge on any atom is -0.368 e. The largest absolute Gasteiger partial charge is 0.368 e. The molecule has 2 heterocycles. The van der Waals surface area contributed by atoms with Crippen molar-refractivity contribution in [3.63, 3.8) is 0 Å². The molecule has 9 nitrogen and oxygen atoms in total. The van der Waals surface area contributed by atoms with Crippen molar-refractivity contribution < 1.29 is 18.0 Å². The molecule has 0 saturated carbocycles. The summed E-state index contributed by atoms with van der Waals surface area (Å²) in [6.07, 6.45) is 0.461. The SMILES string of the molecule is N#Cc1ccccc1S(=O)(=O)N1CCN(C(=O)CN2Cc3ccccc3CC2C(N)=O)CC1. The summed E-state index contributed by atoms with van der Waals surface area (Å²) in [6.45, 7) is 1.23. The molecule has 0 aliphatic carbocycles. The predicted octanol–water partition coefficient (Wildman–Crippen LogP) is 0.303. The Morgan fingerprint density at radius 2 is 1.64 bits per heavy atom. The Balaban J connectivity index is 1.41. The third-order valence-electron chi connectivity index (χ3n) is 6.23. The van der Waals surface area contributed by atoms with Gasteiger partial charge in [0.2, 0.25) is 21.8 Å². The number of piperazine rings is 1. The Morgan fingerprint density at radius 3 is 2.30 bits per heavy atom.